The van der Waals surface area contributed by atoms with Crippen LogP contribution in [0, 0.1) is 17.2 Å². The van der Waals surface area contributed by atoms with Gasteiger partial charge in [0.25, 0.3) is 0 Å². The molecule has 6 nitrogen and oxygen atoms in total. The molecule has 4 rings (SSSR count). The molecule has 40 heavy (non-hydrogen) atoms. The van der Waals surface area contributed by atoms with E-state index in [1.807, 2.05) is 0 Å². The fraction of sp³-hybridized carbons (Fsp3) is 0.500. The first-order valence-corrected chi connectivity index (χ1v) is 13.9. The second-order valence-electron chi connectivity index (χ2n) is 10.4. The normalized spacial score (nSPS) is 22.1. The quantitative estimate of drug-likeness (QED) is 0.339. The summed E-state index contributed by atoms with van der Waals surface area (Å²) in [5, 5.41) is 9.52. The van der Waals surface area contributed by atoms with E-state index in [0.29, 0.717) is 25.5 Å². The molecule has 0 radical (unpaired) electrons. The van der Waals surface area contributed by atoms with Crippen molar-refractivity contribution in [2.45, 2.75) is 61.5 Å². The average molecular weight is 598 g/mol. The lowest BCUT2D eigenvalue weighted by atomic mass is 9.69. The zero-order valence-electron chi connectivity index (χ0n) is 21.1. The van der Waals surface area contributed by atoms with Crippen molar-refractivity contribution in [3.05, 3.63) is 47.8 Å². The first-order valence-electron chi connectivity index (χ1n) is 12.3. The number of rotatable bonds is 8. The minimum absolute atomic E-state index is 0.00120. The Morgan fingerprint density at radius 1 is 1.12 bits per heavy atom. The fourth-order valence-electron chi connectivity index (χ4n) is 4.89. The molecule has 0 amide bonds. The van der Waals surface area contributed by atoms with Crippen molar-refractivity contribution >= 4 is 27.2 Å². The summed E-state index contributed by atoms with van der Waals surface area (Å²) >= 11 is 0. The van der Waals surface area contributed by atoms with Crippen molar-refractivity contribution in [1.29, 1.82) is 0 Å². The Morgan fingerprint density at radius 3 is 2.25 bits per heavy atom. The molecule has 1 aliphatic carbocycles. The molecule has 1 N–H and O–H groups in total. The number of fused-ring (bicyclic) bond motifs is 1. The summed E-state index contributed by atoms with van der Waals surface area (Å²) in [7, 11) is -5.06. The number of halogens is 7. The lowest BCUT2D eigenvalue weighted by Gasteiger charge is -2.37. The Bertz CT molecular complexity index is 1370. The molecule has 2 aromatic rings. The Morgan fingerprint density at radius 2 is 1.75 bits per heavy atom. The molecule has 0 unspecified atom stereocenters. The van der Waals surface area contributed by atoms with Crippen LogP contribution in [0.2, 0.25) is 0 Å². The van der Waals surface area contributed by atoms with Crippen molar-refractivity contribution in [2.24, 2.45) is 11.3 Å². The van der Waals surface area contributed by atoms with Gasteiger partial charge in [-0.3, -0.25) is 4.79 Å². The van der Waals surface area contributed by atoms with E-state index in [4.69, 9.17) is 4.74 Å². The second-order valence-corrected chi connectivity index (χ2v) is 12.4. The number of carbonyl (C=O) groups is 1. The van der Waals surface area contributed by atoms with E-state index < -0.39 is 98.4 Å². The van der Waals surface area contributed by atoms with Crippen LogP contribution in [-0.2, 0) is 20.8 Å². The number of sulfone groups is 1. The van der Waals surface area contributed by atoms with Gasteiger partial charge in [-0.1, -0.05) is 6.42 Å². The topological polar surface area (TPSA) is 83.9 Å². The van der Waals surface area contributed by atoms with Crippen LogP contribution in [-0.4, -0.2) is 44.1 Å². The minimum Gasteiger partial charge on any atom is -0.492 e. The molecule has 0 bridgehead atoms. The SMILES string of the molecule is CC(F)(F)CC[C@@H]1CN(c2ccc(F)cc2)c2cc(C(F)(F)F)c(OCC3(C(=O)O)CCC3)cc2S(=O)(=O)[C@@H]1F. The van der Waals surface area contributed by atoms with Crippen molar-refractivity contribution in [1.82, 2.24) is 0 Å². The third-order valence-corrected chi connectivity index (χ3v) is 9.33. The van der Waals surface area contributed by atoms with Gasteiger partial charge in [0.15, 0.2) is 0 Å². The van der Waals surface area contributed by atoms with E-state index in [2.05, 4.69) is 0 Å². The number of carboxylic acid groups (broad SMARTS) is 1. The molecule has 0 saturated heterocycles. The Kier molecular flexibility index (Phi) is 7.80. The largest absolute Gasteiger partial charge is 0.492 e. The number of carboxylic acids is 1. The number of aliphatic carboxylic acids is 1. The van der Waals surface area contributed by atoms with Gasteiger partial charge in [-0.25, -0.2) is 26.0 Å². The monoisotopic (exact) mass is 597 g/mol. The number of ether oxygens (including phenoxy) is 1. The third kappa shape index (κ3) is 5.86. The summed E-state index contributed by atoms with van der Waals surface area (Å²) in [5.41, 5.74) is -6.26. The number of benzene rings is 2. The van der Waals surface area contributed by atoms with Crippen molar-refractivity contribution in [2.75, 3.05) is 18.1 Å². The van der Waals surface area contributed by atoms with Gasteiger partial charge in [0.2, 0.25) is 21.3 Å². The molecule has 2 aliphatic rings. The lowest BCUT2D eigenvalue weighted by Crippen LogP contribution is -2.43. The number of anilines is 2. The number of alkyl halides is 6. The van der Waals surface area contributed by atoms with Crippen LogP contribution in [0.1, 0.15) is 44.6 Å². The van der Waals surface area contributed by atoms with E-state index >= 15 is 4.39 Å². The third-order valence-electron chi connectivity index (χ3n) is 7.41. The van der Waals surface area contributed by atoms with Gasteiger partial charge in [-0.15, -0.1) is 0 Å². The van der Waals surface area contributed by atoms with Gasteiger partial charge < -0.3 is 14.7 Å². The molecular formula is C26H26F7NO5S. The van der Waals surface area contributed by atoms with Gasteiger partial charge in [-0.2, -0.15) is 13.2 Å². The summed E-state index contributed by atoms with van der Waals surface area (Å²) in [6.07, 6.45) is -5.83. The maximum absolute atomic E-state index is 15.6. The summed E-state index contributed by atoms with van der Waals surface area (Å²) in [4.78, 5) is 11.8. The predicted octanol–water partition coefficient (Wildman–Crippen LogP) is 6.75. The van der Waals surface area contributed by atoms with E-state index in [-0.39, 0.29) is 18.5 Å². The molecule has 220 valence electrons. The molecule has 2 aromatic carbocycles. The highest BCUT2D eigenvalue weighted by atomic mass is 32.2. The molecule has 1 heterocycles. The lowest BCUT2D eigenvalue weighted by molar-refractivity contribution is -0.157. The summed E-state index contributed by atoms with van der Waals surface area (Å²) in [6.45, 7) is -0.711. The van der Waals surface area contributed by atoms with Crippen LogP contribution in [0.4, 0.5) is 42.1 Å². The van der Waals surface area contributed by atoms with Gasteiger partial charge >= 0.3 is 12.1 Å². The van der Waals surface area contributed by atoms with Gasteiger partial charge in [0.1, 0.15) is 23.6 Å². The maximum Gasteiger partial charge on any atom is 0.420 e. The Balaban J connectivity index is 1.88. The van der Waals surface area contributed by atoms with Crippen LogP contribution < -0.4 is 9.64 Å². The number of nitrogens with zero attached hydrogens (tertiary/aromatic N) is 1. The second kappa shape index (κ2) is 10.4. The standard InChI is InChI=1S/C26H26F7NO5S/c1-24(29,30)10-7-15-13-34(17-5-3-16(27)4-6-17)19-11-18(26(31,32)33)20(12-21(19)40(37,38)22(15)28)39-14-25(23(35)36)8-2-9-25/h3-6,11-12,15,22H,2,7-10,13-14H2,1H3,(H,35,36)/t15-,22+/m1/s1. The molecule has 1 aliphatic heterocycles. The zero-order chi connectivity index (χ0) is 29.7. The smallest absolute Gasteiger partial charge is 0.420 e. The van der Waals surface area contributed by atoms with Gasteiger partial charge in [0.05, 0.1) is 16.1 Å². The van der Waals surface area contributed by atoms with Gasteiger partial charge in [0, 0.05) is 30.6 Å². The fourth-order valence-corrected chi connectivity index (χ4v) is 6.59. The highest BCUT2D eigenvalue weighted by Crippen LogP contribution is 2.48. The molecule has 2 atom stereocenters. The molecule has 1 fully saturated rings. The first-order chi connectivity index (χ1) is 18.4. The van der Waals surface area contributed by atoms with Crippen molar-refractivity contribution in [3.8, 4) is 5.75 Å². The Hall–Kier alpha value is -3.03. The van der Waals surface area contributed by atoms with E-state index in [9.17, 15) is 44.7 Å². The van der Waals surface area contributed by atoms with Gasteiger partial charge in [-0.05, 0) is 56.5 Å². The van der Waals surface area contributed by atoms with Crippen LogP contribution in [0.15, 0.2) is 41.3 Å². The molecule has 0 spiro atoms. The van der Waals surface area contributed by atoms with Crippen LogP contribution in [0.5, 0.6) is 5.75 Å². The minimum atomic E-state index is -5.11. The summed E-state index contributed by atoms with van der Waals surface area (Å²) in [5.74, 6) is -7.85. The van der Waals surface area contributed by atoms with Crippen LogP contribution in [0.3, 0.4) is 0 Å². The molecule has 14 heteroatoms. The summed E-state index contributed by atoms with van der Waals surface area (Å²) < 4.78 is 131. The Labute approximate surface area is 225 Å². The molecule has 1 saturated carbocycles. The van der Waals surface area contributed by atoms with E-state index in [1.165, 1.54) is 0 Å². The van der Waals surface area contributed by atoms with E-state index in [0.717, 1.165) is 29.2 Å². The van der Waals surface area contributed by atoms with Crippen molar-refractivity contribution in [3.63, 3.8) is 0 Å². The highest BCUT2D eigenvalue weighted by molar-refractivity contribution is 7.92. The van der Waals surface area contributed by atoms with E-state index in [1.54, 1.807) is 0 Å². The number of hydrogen-bond donors (Lipinski definition) is 1. The first kappa shape index (κ1) is 29.9. The highest BCUT2D eigenvalue weighted by Gasteiger charge is 2.48. The average Bonchev–Trinajstić information content (AvgIpc) is 2.89. The van der Waals surface area contributed by atoms with Crippen molar-refractivity contribution < 1.29 is 53.8 Å². The molecular weight excluding hydrogens is 571 g/mol. The molecule has 0 aromatic heterocycles. The maximum atomic E-state index is 15.6. The predicted molar refractivity (Wildman–Crippen MR) is 130 cm³/mol. The zero-order valence-corrected chi connectivity index (χ0v) is 22.0. The number of hydrogen-bond acceptors (Lipinski definition) is 5. The summed E-state index contributed by atoms with van der Waals surface area (Å²) in [6, 6.07) is 5.15. The van der Waals surface area contributed by atoms with Crippen LogP contribution >= 0.6 is 0 Å². The van der Waals surface area contributed by atoms with Crippen LogP contribution in [0.25, 0.3) is 0 Å².